The van der Waals surface area contributed by atoms with Crippen molar-refractivity contribution in [3.63, 3.8) is 0 Å². The van der Waals surface area contributed by atoms with Crippen molar-refractivity contribution in [2.45, 2.75) is 26.2 Å². The number of carbonyl (C=O) groups excluding carboxylic acids is 1. The van der Waals surface area contributed by atoms with Crippen molar-refractivity contribution in [3.05, 3.63) is 60.2 Å². The summed E-state index contributed by atoms with van der Waals surface area (Å²) in [5.74, 6) is -1.27. The predicted molar refractivity (Wildman–Crippen MR) is 89.1 cm³/mol. The van der Waals surface area contributed by atoms with Gasteiger partial charge in [-0.1, -0.05) is 61.5 Å². The number of ketones is 1. The van der Waals surface area contributed by atoms with Crippen molar-refractivity contribution in [2.24, 2.45) is 11.3 Å². The fourth-order valence-electron chi connectivity index (χ4n) is 3.45. The van der Waals surface area contributed by atoms with Gasteiger partial charge in [-0.2, -0.15) is 0 Å². The summed E-state index contributed by atoms with van der Waals surface area (Å²) in [7, 11) is 0. The van der Waals surface area contributed by atoms with Crippen LogP contribution in [0.15, 0.2) is 54.6 Å². The molecule has 2 aromatic rings. The molecule has 1 saturated carbocycles. The quantitative estimate of drug-likeness (QED) is 0.870. The Morgan fingerprint density at radius 2 is 1.70 bits per heavy atom. The van der Waals surface area contributed by atoms with Gasteiger partial charge in [0.1, 0.15) is 5.41 Å². The van der Waals surface area contributed by atoms with Crippen LogP contribution >= 0.6 is 0 Å². The maximum Gasteiger partial charge on any atom is 0.317 e. The van der Waals surface area contributed by atoms with Gasteiger partial charge in [0.25, 0.3) is 0 Å². The molecule has 3 nitrogen and oxygen atoms in total. The van der Waals surface area contributed by atoms with Gasteiger partial charge in [0, 0.05) is 5.92 Å². The van der Waals surface area contributed by atoms with Crippen molar-refractivity contribution < 1.29 is 14.7 Å². The van der Waals surface area contributed by atoms with E-state index in [4.69, 9.17) is 0 Å². The molecule has 1 N–H and O–H groups in total. The normalized spacial score (nSPS) is 23.9. The third-order valence-electron chi connectivity index (χ3n) is 4.90. The first-order chi connectivity index (χ1) is 11.0. The lowest BCUT2D eigenvalue weighted by Gasteiger charge is -2.23. The van der Waals surface area contributed by atoms with Crippen molar-refractivity contribution in [3.8, 4) is 11.1 Å². The molecule has 1 fully saturated rings. The van der Waals surface area contributed by atoms with Gasteiger partial charge < -0.3 is 5.11 Å². The lowest BCUT2D eigenvalue weighted by atomic mass is 9.78. The van der Waals surface area contributed by atoms with E-state index >= 15 is 0 Å². The monoisotopic (exact) mass is 308 g/mol. The highest BCUT2D eigenvalue weighted by molar-refractivity contribution is 6.05. The molecule has 0 heterocycles. The van der Waals surface area contributed by atoms with E-state index in [1.807, 2.05) is 61.5 Å². The molecule has 1 aliphatic rings. The van der Waals surface area contributed by atoms with Gasteiger partial charge in [0.15, 0.2) is 5.78 Å². The summed E-state index contributed by atoms with van der Waals surface area (Å²) in [6, 6.07) is 17.9. The Morgan fingerprint density at radius 3 is 2.22 bits per heavy atom. The highest BCUT2D eigenvalue weighted by atomic mass is 16.4. The fraction of sp³-hybridized carbons (Fsp3) is 0.300. The molecule has 3 rings (SSSR count). The summed E-state index contributed by atoms with van der Waals surface area (Å²) in [6.07, 6.45) is 1.37. The van der Waals surface area contributed by atoms with E-state index in [9.17, 15) is 14.7 Å². The average molecular weight is 308 g/mol. The third kappa shape index (κ3) is 2.79. The number of benzene rings is 2. The van der Waals surface area contributed by atoms with Crippen LogP contribution in [0.3, 0.4) is 0 Å². The number of rotatable bonds is 4. The molecule has 0 aromatic heterocycles. The van der Waals surface area contributed by atoms with Gasteiger partial charge in [-0.3, -0.25) is 9.59 Å². The van der Waals surface area contributed by atoms with E-state index in [0.717, 1.165) is 16.7 Å². The van der Waals surface area contributed by atoms with Crippen LogP contribution in [-0.2, 0) is 16.0 Å². The Bertz CT molecular complexity index is 718. The second-order valence-corrected chi connectivity index (χ2v) is 6.43. The summed E-state index contributed by atoms with van der Waals surface area (Å²) in [5, 5.41) is 9.63. The Kier molecular flexibility index (Phi) is 4.03. The van der Waals surface area contributed by atoms with Crippen LogP contribution in [-0.4, -0.2) is 16.9 Å². The van der Waals surface area contributed by atoms with Crippen molar-refractivity contribution in [1.29, 1.82) is 0 Å². The number of carbonyl (C=O) groups is 2. The maximum absolute atomic E-state index is 12.4. The lowest BCUT2D eigenvalue weighted by Crippen LogP contribution is -2.38. The first-order valence-electron chi connectivity index (χ1n) is 7.95. The van der Waals surface area contributed by atoms with E-state index in [0.29, 0.717) is 12.8 Å². The SMILES string of the molecule is CC1CCC(Cc2ccc(-c3ccccc3)cc2)(C(=O)O)C1=O. The average Bonchev–Trinajstić information content (AvgIpc) is 2.86. The molecule has 118 valence electrons. The first-order valence-corrected chi connectivity index (χ1v) is 7.95. The first kappa shape index (κ1) is 15.5. The zero-order valence-corrected chi connectivity index (χ0v) is 13.2. The zero-order chi connectivity index (χ0) is 16.4. The molecule has 3 heteroatoms. The van der Waals surface area contributed by atoms with Crippen molar-refractivity contribution >= 4 is 11.8 Å². The number of hydrogen-bond acceptors (Lipinski definition) is 2. The van der Waals surface area contributed by atoms with Crippen molar-refractivity contribution in [2.75, 3.05) is 0 Å². The number of hydrogen-bond donors (Lipinski definition) is 1. The molecule has 0 bridgehead atoms. The molecule has 0 aliphatic heterocycles. The lowest BCUT2D eigenvalue weighted by molar-refractivity contribution is -0.153. The molecular formula is C20H20O3. The van der Waals surface area contributed by atoms with Crippen LogP contribution in [0.2, 0.25) is 0 Å². The van der Waals surface area contributed by atoms with Gasteiger partial charge >= 0.3 is 5.97 Å². The minimum atomic E-state index is -1.24. The van der Waals surface area contributed by atoms with Gasteiger partial charge in [0.05, 0.1) is 0 Å². The van der Waals surface area contributed by atoms with Crippen LogP contribution in [0.25, 0.3) is 11.1 Å². The molecule has 23 heavy (non-hydrogen) atoms. The Balaban J connectivity index is 1.85. The van der Waals surface area contributed by atoms with E-state index in [1.165, 1.54) is 0 Å². The molecule has 1 aliphatic carbocycles. The zero-order valence-electron chi connectivity index (χ0n) is 13.2. The highest BCUT2D eigenvalue weighted by Gasteiger charge is 2.51. The van der Waals surface area contributed by atoms with Gasteiger partial charge in [0.2, 0.25) is 0 Å². The van der Waals surface area contributed by atoms with Gasteiger partial charge in [-0.25, -0.2) is 0 Å². The number of carboxylic acids is 1. The number of aliphatic carboxylic acids is 1. The Morgan fingerprint density at radius 1 is 1.09 bits per heavy atom. The second-order valence-electron chi connectivity index (χ2n) is 6.43. The molecule has 2 aromatic carbocycles. The largest absolute Gasteiger partial charge is 0.480 e. The predicted octanol–water partition coefficient (Wildman–Crippen LogP) is 3.97. The van der Waals surface area contributed by atoms with E-state index in [2.05, 4.69) is 0 Å². The van der Waals surface area contributed by atoms with Crippen molar-refractivity contribution in [1.82, 2.24) is 0 Å². The van der Waals surface area contributed by atoms with Gasteiger partial charge in [-0.05, 0) is 36.0 Å². The summed E-state index contributed by atoms with van der Waals surface area (Å²) >= 11 is 0. The summed E-state index contributed by atoms with van der Waals surface area (Å²) in [4.78, 5) is 24.1. The molecular weight excluding hydrogens is 288 g/mol. The molecule has 0 amide bonds. The fourth-order valence-corrected chi connectivity index (χ4v) is 3.45. The minimum absolute atomic E-state index is 0.128. The standard InChI is InChI=1S/C20H20O3/c1-14-11-12-20(18(14)21,19(22)23)13-15-7-9-17(10-8-15)16-5-3-2-4-6-16/h2-10,14H,11-13H2,1H3,(H,22,23). The Labute approximate surface area is 136 Å². The number of carboxylic acid groups (broad SMARTS) is 1. The molecule has 2 atom stereocenters. The molecule has 0 spiro atoms. The van der Waals surface area contributed by atoms with E-state index in [1.54, 1.807) is 0 Å². The molecule has 2 unspecified atom stereocenters. The van der Waals surface area contributed by atoms with Crippen LogP contribution < -0.4 is 0 Å². The third-order valence-corrected chi connectivity index (χ3v) is 4.90. The Hall–Kier alpha value is -2.42. The van der Waals surface area contributed by atoms with E-state index in [-0.39, 0.29) is 18.1 Å². The van der Waals surface area contributed by atoms with Crippen LogP contribution in [0.1, 0.15) is 25.3 Å². The smallest absolute Gasteiger partial charge is 0.317 e. The summed E-state index contributed by atoms with van der Waals surface area (Å²) in [5.41, 5.74) is 1.87. The van der Waals surface area contributed by atoms with Crippen LogP contribution in [0.5, 0.6) is 0 Å². The second kappa shape index (κ2) is 5.99. The van der Waals surface area contributed by atoms with Crippen LogP contribution in [0, 0.1) is 11.3 Å². The minimum Gasteiger partial charge on any atom is -0.480 e. The maximum atomic E-state index is 12.4. The number of Topliss-reactive ketones (excluding diaryl/α,β-unsaturated/α-hetero) is 1. The molecule has 0 radical (unpaired) electrons. The van der Waals surface area contributed by atoms with Crippen LogP contribution in [0.4, 0.5) is 0 Å². The van der Waals surface area contributed by atoms with Gasteiger partial charge in [-0.15, -0.1) is 0 Å². The topological polar surface area (TPSA) is 54.4 Å². The summed E-state index contributed by atoms with van der Waals surface area (Å²) < 4.78 is 0. The summed E-state index contributed by atoms with van der Waals surface area (Å²) in [6.45, 7) is 1.82. The molecule has 0 saturated heterocycles. The van der Waals surface area contributed by atoms with E-state index < -0.39 is 11.4 Å². The highest BCUT2D eigenvalue weighted by Crippen LogP contribution is 2.41.